The Bertz CT molecular complexity index is 1090. The first-order valence-electron chi connectivity index (χ1n) is 8.38. The van der Waals surface area contributed by atoms with Gasteiger partial charge in [-0.15, -0.1) is 0 Å². The molecule has 0 fully saturated rings. The molecule has 4 aromatic rings. The van der Waals surface area contributed by atoms with Gasteiger partial charge in [-0.2, -0.15) is 0 Å². The van der Waals surface area contributed by atoms with Crippen molar-refractivity contribution in [2.45, 2.75) is 0 Å². The van der Waals surface area contributed by atoms with Crippen LogP contribution >= 0.6 is 0 Å². The lowest BCUT2D eigenvalue weighted by atomic mass is 10.0. The summed E-state index contributed by atoms with van der Waals surface area (Å²) >= 11 is 0. The maximum absolute atomic E-state index is 6.01. The van der Waals surface area contributed by atoms with Crippen LogP contribution in [0.2, 0.25) is 0 Å². The van der Waals surface area contributed by atoms with Crippen LogP contribution in [0.5, 0.6) is 17.2 Å². The van der Waals surface area contributed by atoms with E-state index in [4.69, 9.17) is 18.6 Å². The number of fused-ring (bicyclic) bond motifs is 2. The number of furan rings is 1. The largest absolute Gasteiger partial charge is 0.497 e. The average Bonchev–Trinajstić information content (AvgIpc) is 3.33. The number of rotatable bonds is 3. The van der Waals surface area contributed by atoms with Crippen molar-refractivity contribution in [3.8, 4) is 39.7 Å². The predicted octanol–water partition coefficient (Wildman–Crippen LogP) is 5.50. The van der Waals surface area contributed by atoms with Gasteiger partial charge in [0, 0.05) is 10.9 Å². The highest BCUT2D eigenvalue weighted by Gasteiger charge is 2.14. The van der Waals surface area contributed by atoms with Crippen molar-refractivity contribution in [1.29, 1.82) is 0 Å². The number of hydrogen-bond acceptors (Lipinski definition) is 4. The summed E-state index contributed by atoms with van der Waals surface area (Å²) in [4.78, 5) is 0. The maximum Gasteiger partial charge on any atom is 0.231 e. The Kier molecular flexibility index (Phi) is 3.35. The first-order valence-corrected chi connectivity index (χ1v) is 8.38. The third-order valence-electron chi connectivity index (χ3n) is 4.60. The van der Waals surface area contributed by atoms with Crippen LogP contribution in [0.15, 0.2) is 71.1 Å². The normalized spacial score (nSPS) is 12.5. The fourth-order valence-electron chi connectivity index (χ4n) is 3.20. The molecule has 0 unspecified atom stereocenters. The van der Waals surface area contributed by atoms with Crippen molar-refractivity contribution >= 4 is 11.0 Å². The van der Waals surface area contributed by atoms with E-state index >= 15 is 0 Å². The Morgan fingerprint density at radius 1 is 0.731 bits per heavy atom. The summed E-state index contributed by atoms with van der Waals surface area (Å²) in [7, 11) is 1.66. The van der Waals surface area contributed by atoms with Crippen molar-refractivity contribution in [2.75, 3.05) is 13.9 Å². The molecular formula is C22H16O4. The van der Waals surface area contributed by atoms with Crippen LogP contribution in [-0.4, -0.2) is 13.9 Å². The molecule has 0 aliphatic carbocycles. The highest BCUT2D eigenvalue weighted by Crippen LogP contribution is 2.37. The monoisotopic (exact) mass is 344 g/mol. The van der Waals surface area contributed by atoms with Crippen molar-refractivity contribution in [3.05, 3.63) is 66.7 Å². The summed E-state index contributed by atoms with van der Waals surface area (Å²) in [6.45, 7) is 0.283. The van der Waals surface area contributed by atoms with Gasteiger partial charge in [-0.1, -0.05) is 12.1 Å². The second-order valence-electron chi connectivity index (χ2n) is 6.16. The third kappa shape index (κ3) is 2.47. The van der Waals surface area contributed by atoms with E-state index in [0.29, 0.717) is 0 Å². The van der Waals surface area contributed by atoms with Gasteiger partial charge >= 0.3 is 0 Å². The zero-order chi connectivity index (χ0) is 17.5. The van der Waals surface area contributed by atoms with Crippen LogP contribution in [0, 0.1) is 0 Å². The lowest BCUT2D eigenvalue weighted by molar-refractivity contribution is 0.174. The summed E-state index contributed by atoms with van der Waals surface area (Å²) in [6, 6.07) is 22.1. The first kappa shape index (κ1) is 14.9. The lowest BCUT2D eigenvalue weighted by Gasteiger charge is -2.03. The highest BCUT2D eigenvalue weighted by molar-refractivity contribution is 5.87. The minimum atomic E-state index is 0.283. The van der Waals surface area contributed by atoms with E-state index in [0.717, 1.165) is 50.7 Å². The molecule has 26 heavy (non-hydrogen) atoms. The number of methoxy groups -OCH3 is 1. The molecule has 4 nitrogen and oxygen atoms in total. The Morgan fingerprint density at radius 2 is 1.46 bits per heavy atom. The Balaban J connectivity index is 1.53. The summed E-state index contributed by atoms with van der Waals surface area (Å²) in [5.41, 5.74) is 4.08. The number of benzene rings is 3. The topological polar surface area (TPSA) is 40.8 Å². The van der Waals surface area contributed by atoms with Gasteiger partial charge in [-0.3, -0.25) is 0 Å². The zero-order valence-electron chi connectivity index (χ0n) is 14.2. The van der Waals surface area contributed by atoms with Crippen LogP contribution in [-0.2, 0) is 0 Å². The summed E-state index contributed by atoms with van der Waals surface area (Å²) in [5.74, 6) is 3.24. The van der Waals surface area contributed by atoms with Gasteiger partial charge < -0.3 is 18.6 Å². The van der Waals surface area contributed by atoms with Crippen LogP contribution in [0.3, 0.4) is 0 Å². The fraction of sp³-hybridized carbons (Fsp3) is 0.0909. The molecule has 0 saturated heterocycles. The summed E-state index contributed by atoms with van der Waals surface area (Å²) in [5, 5.41) is 1.06. The molecule has 1 aromatic heterocycles. The molecule has 3 aromatic carbocycles. The molecular weight excluding hydrogens is 328 g/mol. The molecule has 0 amide bonds. The first-order chi connectivity index (χ1) is 12.8. The Hall–Kier alpha value is -3.40. The van der Waals surface area contributed by atoms with Gasteiger partial charge in [0.15, 0.2) is 11.5 Å². The second kappa shape index (κ2) is 5.85. The minimum absolute atomic E-state index is 0.283. The van der Waals surface area contributed by atoms with Gasteiger partial charge in [0.25, 0.3) is 0 Å². The molecule has 4 heteroatoms. The third-order valence-corrected chi connectivity index (χ3v) is 4.60. The van der Waals surface area contributed by atoms with E-state index in [2.05, 4.69) is 18.2 Å². The van der Waals surface area contributed by atoms with E-state index < -0.39 is 0 Å². The Morgan fingerprint density at radius 3 is 2.31 bits per heavy atom. The van der Waals surface area contributed by atoms with E-state index in [-0.39, 0.29) is 6.79 Å². The van der Waals surface area contributed by atoms with Crippen molar-refractivity contribution in [2.24, 2.45) is 0 Å². The molecule has 0 spiro atoms. The quantitative estimate of drug-likeness (QED) is 0.492. The van der Waals surface area contributed by atoms with Gasteiger partial charge in [0.1, 0.15) is 17.1 Å². The molecule has 5 rings (SSSR count). The molecule has 128 valence electrons. The lowest BCUT2D eigenvalue weighted by Crippen LogP contribution is -1.92. The molecule has 0 N–H and O–H groups in total. The van der Waals surface area contributed by atoms with E-state index in [1.165, 1.54) is 0 Å². The number of hydrogen-bond donors (Lipinski definition) is 0. The van der Waals surface area contributed by atoms with E-state index in [1.54, 1.807) is 7.11 Å². The van der Waals surface area contributed by atoms with Crippen LogP contribution in [0.1, 0.15) is 0 Å². The maximum atomic E-state index is 6.01. The predicted molar refractivity (Wildman–Crippen MR) is 99.8 cm³/mol. The van der Waals surface area contributed by atoms with Gasteiger partial charge in [0.05, 0.1) is 7.11 Å². The van der Waals surface area contributed by atoms with Gasteiger partial charge in [-0.25, -0.2) is 0 Å². The van der Waals surface area contributed by atoms with Crippen molar-refractivity contribution in [3.63, 3.8) is 0 Å². The zero-order valence-corrected chi connectivity index (χ0v) is 14.2. The summed E-state index contributed by atoms with van der Waals surface area (Å²) in [6.07, 6.45) is 0. The van der Waals surface area contributed by atoms with Crippen molar-refractivity contribution in [1.82, 2.24) is 0 Å². The molecule has 0 bridgehead atoms. The molecule has 1 aliphatic rings. The van der Waals surface area contributed by atoms with Gasteiger partial charge in [-0.05, 0) is 65.7 Å². The van der Waals surface area contributed by atoms with Crippen LogP contribution in [0.25, 0.3) is 33.4 Å². The fourth-order valence-corrected chi connectivity index (χ4v) is 3.20. The molecule has 0 atom stereocenters. The van der Waals surface area contributed by atoms with Crippen LogP contribution in [0.4, 0.5) is 0 Å². The highest BCUT2D eigenvalue weighted by atomic mass is 16.7. The smallest absolute Gasteiger partial charge is 0.231 e. The van der Waals surface area contributed by atoms with Crippen LogP contribution < -0.4 is 14.2 Å². The van der Waals surface area contributed by atoms with E-state index in [9.17, 15) is 0 Å². The average molecular weight is 344 g/mol. The molecule has 2 heterocycles. The van der Waals surface area contributed by atoms with Crippen molar-refractivity contribution < 1.29 is 18.6 Å². The molecule has 0 radical (unpaired) electrons. The second-order valence-corrected chi connectivity index (χ2v) is 6.16. The molecule has 1 aliphatic heterocycles. The number of ether oxygens (including phenoxy) is 3. The SMILES string of the molecule is COc1ccc(-c2cc3cc(-c4ccc5c(c4)OCO5)ccc3o2)cc1. The molecule has 0 saturated carbocycles. The van der Waals surface area contributed by atoms with Gasteiger partial charge in [0.2, 0.25) is 6.79 Å². The summed E-state index contributed by atoms with van der Waals surface area (Å²) < 4.78 is 22.1. The van der Waals surface area contributed by atoms with E-state index in [1.807, 2.05) is 48.5 Å². The minimum Gasteiger partial charge on any atom is -0.497 e. The standard InChI is InChI=1S/C22H16O4/c1-23-18-6-2-14(3-7-18)21-12-17-10-15(4-8-19(17)26-21)16-5-9-20-22(11-16)25-13-24-20/h2-12H,13H2,1H3. The Labute approximate surface area is 150 Å².